The minimum atomic E-state index is -0.102. The van der Waals surface area contributed by atoms with Crippen molar-refractivity contribution in [3.8, 4) is 49.6 Å². The van der Waals surface area contributed by atoms with Gasteiger partial charge in [0.25, 0.3) is 0 Å². The van der Waals surface area contributed by atoms with Gasteiger partial charge < -0.3 is 4.57 Å². The number of fused-ring (bicyclic) bond motifs is 12. The van der Waals surface area contributed by atoms with Gasteiger partial charge in [-0.2, -0.15) is 0 Å². The summed E-state index contributed by atoms with van der Waals surface area (Å²) in [6.45, 7) is 4.71. The first-order valence-corrected chi connectivity index (χ1v) is 24.3. The van der Waals surface area contributed by atoms with Gasteiger partial charge in [-0.25, -0.2) is 0 Å². The van der Waals surface area contributed by atoms with Crippen LogP contribution in [0.4, 0.5) is 0 Å². The van der Waals surface area contributed by atoms with Crippen molar-refractivity contribution in [1.29, 1.82) is 0 Å². The number of benzene rings is 10. The number of aromatic nitrogens is 3. The summed E-state index contributed by atoms with van der Waals surface area (Å²) >= 11 is 1.65. The van der Waals surface area contributed by atoms with E-state index in [1.165, 1.54) is 98.8 Å². The monoisotopic (exact) mass is 875 g/mol. The lowest BCUT2D eigenvalue weighted by molar-refractivity contribution is 0.490. The Bertz CT molecular complexity index is 3890. The van der Waals surface area contributed by atoms with Crippen molar-refractivity contribution in [2.75, 3.05) is 0 Å². The van der Waals surface area contributed by atoms with Gasteiger partial charge in [0.1, 0.15) is 10.0 Å². The van der Waals surface area contributed by atoms with Crippen LogP contribution >= 0.6 is 11.3 Å². The maximum Gasteiger partial charge on any atom is 0.148 e. The summed E-state index contributed by atoms with van der Waals surface area (Å²) in [4.78, 5) is 0. The molecule has 2 heterocycles. The number of para-hydroxylation sites is 2. The van der Waals surface area contributed by atoms with Crippen molar-refractivity contribution in [1.82, 2.24) is 14.8 Å². The molecule has 0 N–H and O–H groups in total. The third kappa shape index (κ3) is 6.03. The van der Waals surface area contributed by atoms with Crippen LogP contribution in [0, 0.1) is 0 Å². The molecule has 2 aromatic heterocycles. The van der Waals surface area contributed by atoms with Gasteiger partial charge in [0, 0.05) is 33.0 Å². The molecular weight excluding hydrogens is 831 g/mol. The molecule has 0 fully saturated rings. The Morgan fingerprint density at radius 2 is 0.985 bits per heavy atom. The molecule has 12 aromatic rings. The lowest BCUT2D eigenvalue weighted by Gasteiger charge is -2.30. The van der Waals surface area contributed by atoms with Crippen LogP contribution in [0.2, 0.25) is 0 Å². The van der Waals surface area contributed by atoms with E-state index in [4.69, 9.17) is 10.2 Å². The zero-order valence-corrected chi connectivity index (χ0v) is 38.2. The highest BCUT2D eigenvalue weighted by Crippen LogP contribution is 2.54. The van der Waals surface area contributed by atoms with Crippen LogP contribution in [0.5, 0.6) is 0 Å². The molecule has 0 radical (unpaired) electrons. The third-order valence-corrected chi connectivity index (χ3v) is 15.6. The molecule has 10 aromatic carbocycles. The predicted molar refractivity (Wildman–Crippen MR) is 285 cm³/mol. The molecular formula is C63H45N3S. The molecule has 0 aliphatic heterocycles. The minimum absolute atomic E-state index is 0.102. The highest BCUT2D eigenvalue weighted by molar-refractivity contribution is 7.15. The van der Waals surface area contributed by atoms with Crippen molar-refractivity contribution >= 4 is 77.6 Å². The van der Waals surface area contributed by atoms with Gasteiger partial charge in [-0.3, -0.25) is 0 Å². The normalized spacial score (nSPS) is 13.1. The van der Waals surface area contributed by atoms with E-state index in [1.807, 2.05) is 0 Å². The first-order chi connectivity index (χ1) is 33.1. The fourth-order valence-electron chi connectivity index (χ4n) is 11.6. The Balaban J connectivity index is 0.927. The second-order valence-corrected chi connectivity index (χ2v) is 18.9. The molecule has 0 saturated carbocycles. The topological polar surface area (TPSA) is 30.7 Å². The first kappa shape index (κ1) is 39.4. The second kappa shape index (κ2) is 15.6. The summed E-state index contributed by atoms with van der Waals surface area (Å²) in [7, 11) is 0. The van der Waals surface area contributed by atoms with Crippen LogP contribution in [0.3, 0.4) is 0 Å². The average Bonchev–Trinajstić information content (AvgIpc) is 4.09. The molecule has 4 heteroatoms. The fourth-order valence-corrected chi connectivity index (χ4v) is 12.3. The molecule has 67 heavy (non-hydrogen) atoms. The standard InChI is InChI=1S/C63H45N3S/c1-3-63(4-2)54-37-40(31-34-46(54)47-35-33-43(38-55(47)63)66-56-29-17-15-25-48(56)49-26-16-18-30-57(49)66)32-36-58-64-65-62(67-58)53-39-52(41-19-7-5-8-20-41)60-50-27-13-11-23-44(50)45-24-12-14-28-51(45)61(60)59(53)42-21-9-6-10-22-42/h5-39H,3-4H2,1-2H3/b36-32+. The molecule has 318 valence electrons. The van der Waals surface area contributed by atoms with Gasteiger partial charge in [0.15, 0.2) is 0 Å². The minimum Gasteiger partial charge on any atom is -0.309 e. The zero-order chi connectivity index (χ0) is 44.6. The second-order valence-electron chi connectivity index (χ2n) is 17.9. The van der Waals surface area contributed by atoms with Gasteiger partial charge in [0.2, 0.25) is 0 Å². The summed E-state index contributed by atoms with van der Waals surface area (Å²) in [6.07, 6.45) is 6.40. The molecule has 0 bridgehead atoms. The van der Waals surface area contributed by atoms with E-state index in [0.29, 0.717) is 0 Å². The Morgan fingerprint density at radius 1 is 0.448 bits per heavy atom. The van der Waals surface area contributed by atoms with Crippen molar-refractivity contribution < 1.29 is 0 Å². The van der Waals surface area contributed by atoms with Crippen LogP contribution in [0.1, 0.15) is 48.4 Å². The summed E-state index contributed by atoms with van der Waals surface area (Å²) < 4.78 is 2.45. The molecule has 13 rings (SSSR count). The largest absolute Gasteiger partial charge is 0.309 e. The summed E-state index contributed by atoms with van der Waals surface area (Å²) in [5.74, 6) is 0. The van der Waals surface area contributed by atoms with Crippen molar-refractivity contribution in [2.45, 2.75) is 32.1 Å². The average molecular weight is 876 g/mol. The quantitative estimate of drug-likeness (QED) is 0.142. The first-order valence-electron chi connectivity index (χ1n) is 23.4. The molecule has 3 nitrogen and oxygen atoms in total. The number of rotatable bonds is 8. The van der Waals surface area contributed by atoms with Crippen LogP contribution in [-0.4, -0.2) is 14.8 Å². The highest BCUT2D eigenvalue weighted by Gasteiger charge is 2.41. The SMILES string of the molecule is CCC1(CC)c2cc(/C=C/c3nnc(-c4cc(-c5ccccc5)c5c6ccccc6c6ccccc6c5c4-c4ccccc4)s3)ccc2-c2ccc(-n3c4ccccc4c4ccccc43)cc21. The molecule has 0 amide bonds. The maximum absolute atomic E-state index is 4.99. The molecule has 0 atom stereocenters. The molecule has 0 spiro atoms. The van der Waals surface area contributed by atoms with Gasteiger partial charge in [-0.05, 0) is 126 Å². The number of nitrogens with zero attached hydrogens (tertiary/aromatic N) is 3. The van der Waals surface area contributed by atoms with Crippen LogP contribution < -0.4 is 0 Å². The van der Waals surface area contributed by atoms with Gasteiger partial charge in [0.05, 0.1) is 11.0 Å². The third-order valence-electron chi connectivity index (χ3n) is 14.7. The summed E-state index contributed by atoms with van der Waals surface area (Å²) in [5, 5.41) is 21.7. The fraction of sp³-hybridized carbons (Fsp3) is 0.0794. The van der Waals surface area contributed by atoms with Crippen molar-refractivity contribution in [3.63, 3.8) is 0 Å². The Kier molecular flexibility index (Phi) is 9.19. The van der Waals surface area contributed by atoms with Crippen molar-refractivity contribution in [2.24, 2.45) is 0 Å². The van der Waals surface area contributed by atoms with E-state index in [2.05, 4.69) is 231 Å². The Hall–Kier alpha value is -7.92. The molecule has 0 unspecified atom stereocenters. The van der Waals surface area contributed by atoms with E-state index in [0.717, 1.165) is 39.5 Å². The Labute approximate surface area is 394 Å². The summed E-state index contributed by atoms with van der Waals surface area (Å²) in [6, 6.07) is 73.5. The molecule has 1 aliphatic rings. The van der Waals surface area contributed by atoms with E-state index in [1.54, 1.807) is 11.3 Å². The predicted octanol–water partition coefficient (Wildman–Crippen LogP) is 17.4. The zero-order valence-electron chi connectivity index (χ0n) is 37.4. The Morgan fingerprint density at radius 3 is 1.63 bits per heavy atom. The highest BCUT2D eigenvalue weighted by atomic mass is 32.1. The van der Waals surface area contributed by atoms with Crippen LogP contribution in [-0.2, 0) is 5.41 Å². The van der Waals surface area contributed by atoms with E-state index in [-0.39, 0.29) is 5.41 Å². The number of hydrogen-bond acceptors (Lipinski definition) is 3. The van der Waals surface area contributed by atoms with Gasteiger partial charge in [-0.1, -0.05) is 201 Å². The molecule has 1 aliphatic carbocycles. The molecule has 0 saturated heterocycles. The van der Waals surface area contributed by atoms with E-state index < -0.39 is 0 Å². The smallest absolute Gasteiger partial charge is 0.148 e. The number of hydrogen-bond donors (Lipinski definition) is 0. The van der Waals surface area contributed by atoms with Crippen molar-refractivity contribution in [3.05, 3.63) is 222 Å². The van der Waals surface area contributed by atoms with Crippen LogP contribution in [0.15, 0.2) is 200 Å². The lowest BCUT2D eigenvalue weighted by Crippen LogP contribution is -2.23. The summed E-state index contributed by atoms with van der Waals surface area (Å²) in [5.41, 5.74) is 16.0. The van der Waals surface area contributed by atoms with Gasteiger partial charge in [-0.15, -0.1) is 10.2 Å². The maximum atomic E-state index is 4.99. The van der Waals surface area contributed by atoms with Crippen LogP contribution in [0.25, 0.3) is 116 Å². The van der Waals surface area contributed by atoms with Gasteiger partial charge >= 0.3 is 0 Å². The lowest BCUT2D eigenvalue weighted by atomic mass is 9.73. The van der Waals surface area contributed by atoms with E-state index in [9.17, 15) is 0 Å². The van der Waals surface area contributed by atoms with E-state index >= 15 is 0 Å².